The first kappa shape index (κ1) is 47.3. The van der Waals surface area contributed by atoms with Crippen LogP contribution in [0.4, 0.5) is 8.78 Å². The maximum Gasteiger partial charge on any atom is 0.219 e. The van der Waals surface area contributed by atoms with Crippen LogP contribution in [0, 0.1) is 11.6 Å². The van der Waals surface area contributed by atoms with E-state index in [9.17, 15) is 18.4 Å². The van der Waals surface area contributed by atoms with Gasteiger partial charge in [0.25, 0.3) is 0 Å². The van der Waals surface area contributed by atoms with Gasteiger partial charge in [-0.2, -0.15) is 16.2 Å². The summed E-state index contributed by atoms with van der Waals surface area (Å²) in [7, 11) is 3.43. The van der Waals surface area contributed by atoms with Crippen LogP contribution in [0.5, 0.6) is 11.5 Å². The normalized spacial score (nSPS) is 12.6. The second kappa shape index (κ2) is 29.4. The SMILES string of the molecule is C=NC(CSCCOCCNC)c1ccc(F)c(F)c1OCC/C(N)=C/N(N)CCOCCOCCOCCOc1ccc(C(C=O)CCC(=O)NC)cc1. The highest BCUT2D eigenvalue weighted by atomic mass is 32.2. The molecule has 0 aromatic heterocycles. The van der Waals surface area contributed by atoms with Gasteiger partial charge in [-0.15, -0.1) is 0 Å². The Balaban J connectivity index is 1.56. The molecule has 0 aliphatic heterocycles. The van der Waals surface area contributed by atoms with Gasteiger partial charge in [0.05, 0.1) is 72.0 Å². The molecule has 0 aliphatic rings. The average molecular weight is 797 g/mol. The standard InChI is InChI=1S/C38H58F2N6O8S/c1-43-13-16-49-24-25-55-28-35(44-2)33-9-10-34(39)37(40)38(33)54-15-12-31(41)26-46(42)14-17-50-18-19-51-20-21-52-22-23-53-32-7-4-29(5-8-32)30(27-47)6-11-36(48)45-3/h4-5,7-10,26-27,30,35,43H,2,6,11-25,28,41-42H2,1,3H3,(H,45,48)/b31-26-. The van der Waals surface area contributed by atoms with E-state index in [2.05, 4.69) is 22.3 Å². The number of halogens is 2. The van der Waals surface area contributed by atoms with E-state index in [-0.39, 0.29) is 37.0 Å². The fraction of sp³-hybridized carbons (Fsp3) is 0.553. The minimum atomic E-state index is -1.09. The van der Waals surface area contributed by atoms with Gasteiger partial charge >= 0.3 is 0 Å². The lowest BCUT2D eigenvalue weighted by Crippen LogP contribution is -2.30. The van der Waals surface area contributed by atoms with Crippen molar-refractivity contribution < 1.29 is 46.8 Å². The van der Waals surface area contributed by atoms with Gasteiger partial charge < -0.3 is 54.6 Å². The summed E-state index contributed by atoms with van der Waals surface area (Å²) >= 11 is 1.57. The van der Waals surface area contributed by atoms with Crippen LogP contribution in [-0.4, -0.2) is 129 Å². The van der Waals surface area contributed by atoms with Crippen LogP contribution in [0.25, 0.3) is 0 Å². The van der Waals surface area contributed by atoms with Gasteiger partial charge in [-0.25, -0.2) is 10.2 Å². The van der Waals surface area contributed by atoms with Gasteiger partial charge in [-0.3, -0.25) is 9.79 Å². The number of nitrogens with two attached hydrogens (primary N) is 2. The monoisotopic (exact) mass is 796 g/mol. The second-order valence-electron chi connectivity index (χ2n) is 12.0. The number of aldehydes is 1. The molecular formula is C38H58F2N6O8S. The van der Waals surface area contributed by atoms with Crippen LogP contribution < -0.4 is 31.7 Å². The van der Waals surface area contributed by atoms with Crippen molar-refractivity contribution in [1.82, 2.24) is 15.6 Å². The van der Waals surface area contributed by atoms with E-state index in [1.807, 2.05) is 19.2 Å². The van der Waals surface area contributed by atoms with Crippen molar-refractivity contribution in [2.75, 3.05) is 105 Å². The van der Waals surface area contributed by atoms with Gasteiger partial charge in [-0.1, -0.05) is 18.2 Å². The van der Waals surface area contributed by atoms with Crippen molar-refractivity contribution in [1.29, 1.82) is 0 Å². The number of rotatable bonds is 33. The fourth-order valence-electron chi connectivity index (χ4n) is 4.87. The average Bonchev–Trinajstić information content (AvgIpc) is 3.18. The lowest BCUT2D eigenvalue weighted by Gasteiger charge is -2.19. The predicted octanol–water partition coefficient (Wildman–Crippen LogP) is 3.36. The van der Waals surface area contributed by atoms with Crippen molar-refractivity contribution in [2.45, 2.75) is 31.2 Å². The molecule has 0 heterocycles. The van der Waals surface area contributed by atoms with E-state index >= 15 is 0 Å². The summed E-state index contributed by atoms with van der Waals surface area (Å²) in [5.74, 6) is 5.13. The van der Waals surface area contributed by atoms with Crippen LogP contribution in [0.2, 0.25) is 0 Å². The smallest absolute Gasteiger partial charge is 0.219 e. The summed E-state index contributed by atoms with van der Waals surface area (Å²) in [5, 5.41) is 6.95. The number of likely N-dealkylation sites (N-methyl/N-ethyl adjacent to an activating group) is 1. The Morgan fingerprint density at radius 3 is 2.24 bits per heavy atom. The Kier molecular flexibility index (Phi) is 25.3. The van der Waals surface area contributed by atoms with Crippen LogP contribution in [-0.2, 0) is 28.5 Å². The summed E-state index contributed by atoms with van der Waals surface area (Å²) in [6.45, 7) is 8.50. The maximum atomic E-state index is 14.8. The highest BCUT2D eigenvalue weighted by Gasteiger charge is 2.21. The number of hydrogen-bond acceptors (Lipinski definition) is 14. The Hall–Kier alpha value is -3.84. The van der Waals surface area contributed by atoms with E-state index in [1.165, 1.54) is 17.3 Å². The Morgan fingerprint density at radius 1 is 0.909 bits per heavy atom. The second-order valence-corrected chi connectivity index (χ2v) is 13.2. The fourth-order valence-corrected chi connectivity index (χ4v) is 5.78. The van der Waals surface area contributed by atoms with Crippen LogP contribution in [0.15, 0.2) is 53.3 Å². The first-order valence-electron chi connectivity index (χ1n) is 18.2. The molecule has 2 unspecified atom stereocenters. The molecule has 2 aromatic rings. The lowest BCUT2D eigenvalue weighted by atomic mass is 9.95. The van der Waals surface area contributed by atoms with E-state index < -0.39 is 17.7 Å². The molecule has 14 nitrogen and oxygen atoms in total. The van der Waals surface area contributed by atoms with E-state index in [4.69, 9.17) is 40.0 Å². The number of benzene rings is 2. The number of carbonyl (C=O) groups excluding carboxylic acids is 2. The van der Waals surface area contributed by atoms with Crippen molar-refractivity contribution in [2.24, 2.45) is 16.6 Å². The third-order valence-corrected chi connectivity index (χ3v) is 8.95. The molecule has 308 valence electrons. The highest BCUT2D eigenvalue weighted by Crippen LogP contribution is 2.34. The molecule has 2 aromatic carbocycles. The molecule has 0 spiro atoms. The summed E-state index contributed by atoms with van der Waals surface area (Å²) < 4.78 is 62.4. The summed E-state index contributed by atoms with van der Waals surface area (Å²) in [4.78, 5) is 27.0. The summed E-state index contributed by atoms with van der Waals surface area (Å²) in [5.41, 5.74) is 7.72. The molecule has 6 N–H and O–H groups in total. The number of amides is 1. The molecule has 0 aliphatic carbocycles. The minimum absolute atomic E-state index is 0.00859. The van der Waals surface area contributed by atoms with E-state index in [0.29, 0.717) is 95.2 Å². The van der Waals surface area contributed by atoms with Gasteiger partial charge in [0.15, 0.2) is 11.6 Å². The number of nitrogens with zero attached hydrogens (tertiary/aromatic N) is 2. The van der Waals surface area contributed by atoms with Crippen molar-refractivity contribution in [3.63, 3.8) is 0 Å². The van der Waals surface area contributed by atoms with Crippen molar-refractivity contribution >= 4 is 30.7 Å². The largest absolute Gasteiger partial charge is 0.491 e. The molecule has 0 saturated heterocycles. The molecule has 55 heavy (non-hydrogen) atoms. The first-order chi connectivity index (χ1) is 26.7. The van der Waals surface area contributed by atoms with Crippen LogP contribution >= 0.6 is 11.8 Å². The van der Waals surface area contributed by atoms with Crippen LogP contribution in [0.3, 0.4) is 0 Å². The van der Waals surface area contributed by atoms with Crippen LogP contribution in [0.1, 0.15) is 42.3 Å². The quantitative estimate of drug-likeness (QED) is 0.0272. The zero-order chi connectivity index (χ0) is 40.1. The predicted molar refractivity (Wildman–Crippen MR) is 210 cm³/mol. The number of carbonyl (C=O) groups is 2. The third kappa shape index (κ3) is 20.1. The topological polar surface area (TPSA) is 181 Å². The molecular weight excluding hydrogens is 739 g/mol. The lowest BCUT2D eigenvalue weighted by molar-refractivity contribution is -0.120. The van der Waals surface area contributed by atoms with Gasteiger partial charge in [0.1, 0.15) is 18.6 Å². The Morgan fingerprint density at radius 2 is 1.58 bits per heavy atom. The molecule has 1 amide bonds. The highest BCUT2D eigenvalue weighted by molar-refractivity contribution is 7.99. The number of nitrogens with one attached hydrogen (secondary N) is 2. The number of aliphatic imine (C=N–C) groups is 1. The molecule has 2 rings (SSSR count). The number of hydrogen-bond donors (Lipinski definition) is 4. The summed E-state index contributed by atoms with van der Waals surface area (Å²) in [6.07, 6.45) is 3.34. The van der Waals surface area contributed by atoms with Gasteiger partial charge in [0, 0.05) is 61.3 Å². The minimum Gasteiger partial charge on any atom is -0.491 e. The Labute approximate surface area is 327 Å². The molecule has 2 atom stereocenters. The maximum absolute atomic E-state index is 14.8. The number of hydrazine groups is 1. The number of ether oxygens (including phenoxy) is 6. The summed E-state index contributed by atoms with van der Waals surface area (Å²) in [6, 6.07) is 9.25. The third-order valence-electron chi connectivity index (χ3n) is 7.94. The molecule has 0 fully saturated rings. The number of thioether (sulfide) groups is 1. The van der Waals surface area contributed by atoms with Crippen molar-refractivity contribution in [3.8, 4) is 11.5 Å². The molecule has 17 heteroatoms. The zero-order valence-corrected chi connectivity index (χ0v) is 32.8. The molecule has 0 radical (unpaired) electrons. The van der Waals surface area contributed by atoms with Gasteiger partial charge in [0.2, 0.25) is 11.7 Å². The van der Waals surface area contributed by atoms with E-state index in [1.54, 1.807) is 30.9 Å². The Bertz CT molecular complexity index is 1410. The van der Waals surface area contributed by atoms with E-state index in [0.717, 1.165) is 30.2 Å². The zero-order valence-electron chi connectivity index (χ0n) is 32.0. The van der Waals surface area contributed by atoms with Crippen molar-refractivity contribution in [3.05, 3.63) is 71.1 Å². The molecule has 0 bridgehead atoms. The first-order valence-corrected chi connectivity index (χ1v) is 19.3. The van der Waals surface area contributed by atoms with Gasteiger partial charge in [-0.05, 0) is 43.9 Å². The molecule has 0 saturated carbocycles.